The number of thiazole rings is 1. The van der Waals surface area contributed by atoms with Gasteiger partial charge in [0.05, 0.1) is 30.2 Å². The van der Waals surface area contributed by atoms with Gasteiger partial charge in [-0.25, -0.2) is 13.4 Å². The minimum absolute atomic E-state index is 0.307. The third-order valence-electron chi connectivity index (χ3n) is 8.14. The van der Waals surface area contributed by atoms with Crippen molar-refractivity contribution in [2.75, 3.05) is 45.6 Å². The molecule has 4 heterocycles. The van der Waals surface area contributed by atoms with Crippen molar-refractivity contribution in [3.05, 3.63) is 92.0 Å². The predicted molar refractivity (Wildman–Crippen MR) is 179 cm³/mol. The number of morpholine rings is 1. The Balaban J connectivity index is 1.20. The van der Waals surface area contributed by atoms with Gasteiger partial charge in [-0.3, -0.25) is 9.58 Å². The number of nitrogens with zero attached hydrogens (tertiary/aromatic N) is 5. The van der Waals surface area contributed by atoms with E-state index in [0.717, 1.165) is 92.0 Å². The summed E-state index contributed by atoms with van der Waals surface area (Å²) in [7, 11) is -3.33. The van der Waals surface area contributed by atoms with Gasteiger partial charge in [0.2, 0.25) is 10.0 Å². The van der Waals surface area contributed by atoms with Gasteiger partial charge < -0.3 is 10.1 Å². The largest absolute Gasteiger partial charge is 0.379 e. The van der Waals surface area contributed by atoms with Crippen molar-refractivity contribution in [2.24, 2.45) is 0 Å². The van der Waals surface area contributed by atoms with Crippen molar-refractivity contribution in [3.8, 4) is 23.1 Å². The molecule has 2 aliphatic rings. The zero-order chi connectivity index (χ0) is 31.2. The maximum Gasteiger partial charge on any atom is 0.211 e. The lowest BCUT2D eigenvalue weighted by Gasteiger charge is -2.27. The SMILES string of the molecule is CS(=O)(=O)N1CCc2c(c(-c3ccc(Cl)c(C#Cc4ccc(CNCc5nccs5)cc4)c3)nn2CCCN2CCOCC2)C1. The van der Waals surface area contributed by atoms with Gasteiger partial charge in [-0.05, 0) is 36.2 Å². The normalized spacial score (nSPS) is 15.9. The van der Waals surface area contributed by atoms with Crippen LogP contribution >= 0.6 is 22.9 Å². The van der Waals surface area contributed by atoms with Gasteiger partial charge >= 0.3 is 0 Å². The van der Waals surface area contributed by atoms with Crippen molar-refractivity contribution in [1.29, 1.82) is 0 Å². The van der Waals surface area contributed by atoms with E-state index in [-0.39, 0.29) is 0 Å². The Morgan fingerprint density at radius 1 is 1.04 bits per heavy atom. The van der Waals surface area contributed by atoms with Gasteiger partial charge in [0.15, 0.2) is 0 Å². The number of hydrogen-bond donors (Lipinski definition) is 1. The first-order valence-electron chi connectivity index (χ1n) is 15.2. The molecule has 2 aliphatic heterocycles. The monoisotopic (exact) mass is 664 g/mol. The van der Waals surface area contributed by atoms with Gasteiger partial charge in [0, 0.05) is 98.3 Å². The fourth-order valence-corrected chi connectivity index (χ4v) is 7.24. The molecule has 1 saturated heterocycles. The van der Waals surface area contributed by atoms with Gasteiger partial charge in [-0.1, -0.05) is 41.6 Å². The second kappa shape index (κ2) is 14.6. The minimum Gasteiger partial charge on any atom is -0.379 e. The van der Waals surface area contributed by atoms with Crippen LogP contribution in [0.15, 0.2) is 54.0 Å². The Morgan fingerprint density at radius 2 is 1.87 bits per heavy atom. The maximum absolute atomic E-state index is 12.5. The second-order valence-electron chi connectivity index (χ2n) is 11.3. The van der Waals surface area contributed by atoms with Crippen LogP contribution in [-0.2, 0) is 47.4 Å². The van der Waals surface area contributed by atoms with Gasteiger partial charge in [0.25, 0.3) is 0 Å². The number of aryl methyl sites for hydroxylation is 1. The highest BCUT2D eigenvalue weighted by molar-refractivity contribution is 7.88. The summed E-state index contributed by atoms with van der Waals surface area (Å²) in [6, 6.07) is 13.9. The van der Waals surface area contributed by atoms with Crippen LogP contribution in [-0.4, -0.2) is 78.0 Å². The van der Waals surface area contributed by atoms with Crippen LogP contribution in [0.4, 0.5) is 0 Å². The molecule has 0 radical (unpaired) electrons. The molecule has 12 heteroatoms. The van der Waals surface area contributed by atoms with E-state index in [9.17, 15) is 8.42 Å². The summed E-state index contributed by atoms with van der Waals surface area (Å²) >= 11 is 8.25. The lowest BCUT2D eigenvalue weighted by Crippen LogP contribution is -2.37. The number of benzene rings is 2. The molecule has 0 aliphatic carbocycles. The predicted octanol–water partition coefficient (Wildman–Crippen LogP) is 4.39. The fourth-order valence-electron chi connectivity index (χ4n) is 5.70. The summed E-state index contributed by atoms with van der Waals surface area (Å²) in [4.78, 5) is 6.72. The molecule has 4 aromatic rings. The van der Waals surface area contributed by atoms with E-state index in [1.54, 1.807) is 11.3 Å². The molecule has 6 rings (SSSR count). The number of fused-ring (bicyclic) bond motifs is 1. The van der Waals surface area contributed by atoms with Gasteiger partial charge in [-0.2, -0.15) is 9.40 Å². The van der Waals surface area contributed by atoms with Crippen molar-refractivity contribution in [2.45, 2.75) is 39.0 Å². The van der Waals surface area contributed by atoms with Crippen molar-refractivity contribution < 1.29 is 13.2 Å². The standard InChI is InChI=1S/C33H37ClN6O3S2/c1-45(41,42)39-15-11-31-29(24-39)33(37-40(31)14-2-13-38-16-18-43-19-17-38)28-9-10-30(34)27(21-28)8-7-25-3-5-26(6-4-25)22-35-23-32-36-12-20-44-32/h3-6,9-10,12,20-21,35H,2,11,13-19,22-24H2,1H3. The van der Waals surface area contributed by atoms with Crippen molar-refractivity contribution in [3.63, 3.8) is 0 Å². The third-order valence-corrected chi connectivity index (χ3v) is 10.5. The second-order valence-corrected chi connectivity index (χ2v) is 14.7. The molecule has 2 aromatic carbocycles. The molecule has 0 unspecified atom stereocenters. The number of halogens is 1. The molecule has 0 atom stereocenters. The van der Waals surface area contributed by atoms with Crippen LogP contribution in [0.3, 0.4) is 0 Å². The lowest BCUT2D eigenvalue weighted by molar-refractivity contribution is 0.0368. The van der Waals surface area contributed by atoms with Crippen LogP contribution in [0.1, 0.15) is 39.4 Å². The van der Waals surface area contributed by atoms with Crippen LogP contribution in [0.2, 0.25) is 5.02 Å². The average Bonchev–Trinajstić information content (AvgIpc) is 3.69. The Bertz CT molecular complexity index is 1770. The van der Waals surface area contributed by atoms with E-state index in [1.807, 2.05) is 41.9 Å². The van der Waals surface area contributed by atoms with E-state index >= 15 is 0 Å². The smallest absolute Gasteiger partial charge is 0.211 e. The van der Waals surface area contributed by atoms with E-state index in [4.69, 9.17) is 21.4 Å². The third kappa shape index (κ3) is 8.20. The zero-order valence-corrected chi connectivity index (χ0v) is 27.7. The molecule has 45 heavy (non-hydrogen) atoms. The highest BCUT2D eigenvalue weighted by Crippen LogP contribution is 2.33. The Hall–Kier alpha value is -3.08. The highest BCUT2D eigenvalue weighted by Gasteiger charge is 2.30. The summed E-state index contributed by atoms with van der Waals surface area (Å²) in [6.45, 7) is 7.48. The van der Waals surface area contributed by atoms with E-state index in [2.05, 4.69) is 43.9 Å². The number of rotatable bonds is 10. The summed E-state index contributed by atoms with van der Waals surface area (Å²) in [5, 5.41) is 12.1. The summed E-state index contributed by atoms with van der Waals surface area (Å²) < 4.78 is 34.1. The summed E-state index contributed by atoms with van der Waals surface area (Å²) in [6.07, 6.45) is 4.68. The van der Waals surface area contributed by atoms with Crippen LogP contribution < -0.4 is 5.32 Å². The number of sulfonamides is 1. The van der Waals surface area contributed by atoms with Crippen molar-refractivity contribution >= 4 is 33.0 Å². The average molecular weight is 665 g/mol. The Labute approximate surface area is 274 Å². The minimum atomic E-state index is -3.33. The first-order valence-corrected chi connectivity index (χ1v) is 18.3. The van der Waals surface area contributed by atoms with Crippen molar-refractivity contribution in [1.82, 2.24) is 29.3 Å². The molecular weight excluding hydrogens is 628 g/mol. The van der Waals surface area contributed by atoms with Crippen LogP contribution in [0, 0.1) is 11.8 Å². The maximum atomic E-state index is 12.5. The Kier molecular flexibility index (Phi) is 10.3. The quantitative estimate of drug-likeness (QED) is 0.252. The van der Waals surface area contributed by atoms with Gasteiger partial charge in [0.1, 0.15) is 5.01 Å². The molecular formula is C33H37ClN6O3S2. The Morgan fingerprint density at radius 3 is 2.62 bits per heavy atom. The molecule has 0 bridgehead atoms. The zero-order valence-electron chi connectivity index (χ0n) is 25.3. The molecule has 2 aromatic heterocycles. The van der Waals surface area contributed by atoms with E-state index in [0.29, 0.717) is 30.1 Å². The molecule has 236 valence electrons. The molecule has 9 nitrogen and oxygen atoms in total. The van der Waals surface area contributed by atoms with Crippen LogP contribution in [0.5, 0.6) is 0 Å². The first kappa shape index (κ1) is 31.9. The highest BCUT2D eigenvalue weighted by atomic mass is 35.5. The van der Waals surface area contributed by atoms with Crippen LogP contribution in [0.25, 0.3) is 11.3 Å². The number of aromatic nitrogens is 3. The topological polar surface area (TPSA) is 92.6 Å². The summed E-state index contributed by atoms with van der Waals surface area (Å²) in [5.74, 6) is 6.50. The molecule has 1 fully saturated rings. The fraction of sp³-hybridized carbons (Fsp3) is 0.394. The molecule has 0 amide bonds. The first-order chi connectivity index (χ1) is 21.8. The number of ether oxygens (including phenoxy) is 1. The molecule has 0 saturated carbocycles. The molecule has 0 spiro atoms. The number of hydrogen-bond acceptors (Lipinski definition) is 8. The molecule has 1 N–H and O–H groups in total. The summed E-state index contributed by atoms with van der Waals surface area (Å²) in [5.41, 5.74) is 6.50. The van der Waals surface area contributed by atoms with Gasteiger partial charge in [-0.15, -0.1) is 11.3 Å². The van der Waals surface area contributed by atoms with E-state index < -0.39 is 10.0 Å². The lowest BCUT2D eigenvalue weighted by atomic mass is 10.0. The number of nitrogens with one attached hydrogen (secondary N) is 1. The van der Waals surface area contributed by atoms with E-state index in [1.165, 1.54) is 16.1 Å².